The molecule has 2 rings (SSSR count). The van der Waals surface area contributed by atoms with Crippen LogP contribution in [0.15, 0.2) is 36.4 Å². The second kappa shape index (κ2) is 4.06. The molecule has 0 fully saturated rings. The molecule has 0 aliphatic carbocycles. The van der Waals surface area contributed by atoms with E-state index in [1.54, 1.807) is 12.1 Å². The van der Waals surface area contributed by atoms with Crippen LogP contribution in [0.4, 0.5) is 0 Å². The second-order valence-electron chi connectivity index (χ2n) is 3.10. The number of ether oxygens (including phenoxy) is 2. The molecule has 0 aromatic heterocycles. The van der Waals surface area contributed by atoms with Crippen molar-refractivity contribution in [2.45, 2.75) is 6.29 Å². The monoisotopic (exact) mass is 220 g/mol. The van der Waals surface area contributed by atoms with Gasteiger partial charge in [-0.2, -0.15) is 0 Å². The molecule has 0 saturated heterocycles. The van der Waals surface area contributed by atoms with Gasteiger partial charge in [-0.15, -0.1) is 0 Å². The number of phenolic OH excluding ortho intramolecular Hbond substituents is 1. The van der Waals surface area contributed by atoms with Crippen LogP contribution in [-0.2, 0) is 19.1 Å². The molecule has 1 heterocycles. The van der Waals surface area contributed by atoms with E-state index in [1.165, 1.54) is 12.1 Å². The molecule has 0 radical (unpaired) electrons. The lowest BCUT2D eigenvalue weighted by atomic mass is 10.2. The van der Waals surface area contributed by atoms with Crippen LogP contribution in [0.5, 0.6) is 5.75 Å². The average Bonchev–Trinajstić information content (AvgIpc) is 2.41. The molecule has 0 saturated carbocycles. The van der Waals surface area contributed by atoms with Gasteiger partial charge >= 0.3 is 11.9 Å². The van der Waals surface area contributed by atoms with Crippen molar-refractivity contribution >= 4 is 11.9 Å². The number of esters is 2. The van der Waals surface area contributed by atoms with Crippen LogP contribution in [0.3, 0.4) is 0 Å². The predicted octanol–water partition coefficient (Wildman–Crippen LogP) is 1.05. The van der Waals surface area contributed by atoms with E-state index in [1.807, 2.05) is 0 Å². The Bertz CT molecular complexity index is 443. The highest BCUT2D eigenvalue weighted by atomic mass is 16.7. The fraction of sp³-hybridized carbons (Fsp3) is 0.0909. The summed E-state index contributed by atoms with van der Waals surface area (Å²) in [6, 6.07) is 6.16. The number of phenols is 1. The Morgan fingerprint density at radius 1 is 1.00 bits per heavy atom. The molecule has 5 nitrogen and oxygen atoms in total. The topological polar surface area (TPSA) is 72.8 Å². The van der Waals surface area contributed by atoms with Gasteiger partial charge in [-0.1, -0.05) is 12.1 Å². The van der Waals surface area contributed by atoms with Crippen molar-refractivity contribution in [3.8, 4) is 5.75 Å². The minimum absolute atomic E-state index is 0.102. The van der Waals surface area contributed by atoms with Gasteiger partial charge in [0, 0.05) is 12.2 Å². The summed E-state index contributed by atoms with van der Waals surface area (Å²) in [7, 11) is 0. The minimum Gasteiger partial charge on any atom is -0.507 e. The van der Waals surface area contributed by atoms with Crippen LogP contribution in [0, 0.1) is 0 Å². The number of rotatable bonds is 1. The van der Waals surface area contributed by atoms with E-state index >= 15 is 0 Å². The maximum atomic E-state index is 11.1. The number of para-hydroxylation sites is 1. The molecule has 1 N–H and O–H groups in total. The summed E-state index contributed by atoms with van der Waals surface area (Å²) in [6.45, 7) is 0. The summed E-state index contributed by atoms with van der Waals surface area (Å²) in [5, 5.41) is 9.52. The van der Waals surface area contributed by atoms with Gasteiger partial charge in [-0.3, -0.25) is 0 Å². The van der Waals surface area contributed by atoms with Crippen molar-refractivity contribution < 1.29 is 24.2 Å². The molecule has 82 valence electrons. The van der Waals surface area contributed by atoms with Crippen molar-refractivity contribution in [2.24, 2.45) is 0 Å². The maximum absolute atomic E-state index is 11.1. The van der Waals surface area contributed by atoms with Crippen LogP contribution in [-0.4, -0.2) is 17.0 Å². The Kier molecular flexibility index (Phi) is 2.59. The number of carbonyl (C=O) groups is 2. The summed E-state index contributed by atoms with van der Waals surface area (Å²) in [4.78, 5) is 22.2. The van der Waals surface area contributed by atoms with Gasteiger partial charge in [0.25, 0.3) is 6.29 Å². The number of hydrogen-bond donors (Lipinski definition) is 1. The van der Waals surface area contributed by atoms with Crippen LogP contribution >= 0.6 is 0 Å². The highest BCUT2D eigenvalue weighted by molar-refractivity contribution is 5.93. The molecule has 0 amide bonds. The van der Waals surface area contributed by atoms with E-state index in [0.717, 1.165) is 12.2 Å². The fourth-order valence-electron chi connectivity index (χ4n) is 1.26. The van der Waals surface area contributed by atoms with E-state index in [-0.39, 0.29) is 11.3 Å². The fourth-order valence-corrected chi connectivity index (χ4v) is 1.26. The Labute approximate surface area is 90.9 Å². The molecule has 16 heavy (non-hydrogen) atoms. The number of cyclic esters (lactones) is 2. The van der Waals surface area contributed by atoms with Crippen molar-refractivity contribution in [3.63, 3.8) is 0 Å². The van der Waals surface area contributed by atoms with Gasteiger partial charge in [-0.25, -0.2) is 9.59 Å². The van der Waals surface area contributed by atoms with Gasteiger partial charge in [0.05, 0.1) is 5.56 Å². The summed E-state index contributed by atoms with van der Waals surface area (Å²) < 4.78 is 9.64. The van der Waals surface area contributed by atoms with Gasteiger partial charge in [0.2, 0.25) is 0 Å². The van der Waals surface area contributed by atoms with Gasteiger partial charge < -0.3 is 14.6 Å². The van der Waals surface area contributed by atoms with E-state index < -0.39 is 18.2 Å². The van der Waals surface area contributed by atoms with Gasteiger partial charge in [-0.05, 0) is 12.1 Å². The van der Waals surface area contributed by atoms with E-state index in [9.17, 15) is 14.7 Å². The molecule has 0 unspecified atom stereocenters. The molecule has 5 heteroatoms. The summed E-state index contributed by atoms with van der Waals surface area (Å²) in [6.07, 6.45) is 0.737. The summed E-state index contributed by atoms with van der Waals surface area (Å²) >= 11 is 0. The van der Waals surface area contributed by atoms with Crippen molar-refractivity contribution in [1.29, 1.82) is 0 Å². The molecule has 0 spiro atoms. The smallest absolute Gasteiger partial charge is 0.334 e. The molecule has 1 aliphatic heterocycles. The SMILES string of the molecule is O=C1C=CC(=O)OC(c2ccccc2O)O1. The highest BCUT2D eigenvalue weighted by Crippen LogP contribution is 2.28. The lowest BCUT2D eigenvalue weighted by Gasteiger charge is -2.15. The standard InChI is InChI=1S/C11H8O5/c12-8-4-2-1-3-7(8)11-15-9(13)5-6-10(14)16-11/h1-6,11-12H. The zero-order chi connectivity index (χ0) is 11.5. The molecule has 1 aromatic carbocycles. The summed E-state index contributed by atoms with van der Waals surface area (Å²) in [5.41, 5.74) is 0.230. The molecular formula is C11H8O5. The van der Waals surface area contributed by atoms with Crippen molar-refractivity contribution in [3.05, 3.63) is 42.0 Å². The first-order chi connectivity index (χ1) is 7.66. The molecule has 1 aliphatic rings. The molecule has 0 bridgehead atoms. The number of benzene rings is 1. The zero-order valence-corrected chi connectivity index (χ0v) is 8.12. The Morgan fingerprint density at radius 3 is 2.12 bits per heavy atom. The first kappa shape index (κ1) is 10.2. The molecular weight excluding hydrogens is 212 g/mol. The van der Waals surface area contributed by atoms with Crippen molar-refractivity contribution in [1.82, 2.24) is 0 Å². The van der Waals surface area contributed by atoms with E-state index in [4.69, 9.17) is 9.47 Å². The first-order valence-electron chi connectivity index (χ1n) is 4.54. The average molecular weight is 220 g/mol. The minimum atomic E-state index is -1.21. The lowest BCUT2D eigenvalue weighted by molar-refractivity contribution is -0.180. The Hall–Kier alpha value is -2.30. The Morgan fingerprint density at radius 2 is 1.56 bits per heavy atom. The van der Waals surface area contributed by atoms with Crippen LogP contribution < -0.4 is 0 Å². The predicted molar refractivity (Wildman–Crippen MR) is 52.2 cm³/mol. The maximum Gasteiger partial charge on any atom is 0.334 e. The van der Waals surface area contributed by atoms with E-state index in [2.05, 4.69) is 0 Å². The molecule has 0 atom stereocenters. The van der Waals surface area contributed by atoms with Crippen LogP contribution in [0.2, 0.25) is 0 Å². The largest absolute Gasteiger partial charge is 0.507 e. The third-order valence-electron chi connectivity index (χ3n) is 1.99. The van der Waals surface area contributed by atoms with Crippen molar-refractivity contribution in [2.75, 3.05) is 0 Å². The Balaban J connectivity index is 2.31. The number of hydrogen-bond acceptors (Lipinski definition) is 5. The van der Waals surface area contributed by atoms with Crippen LogP contribution in [0.25, 0.3) is 0 Å². The highest BCUT2D eigenvalue weighted by Gasteiger charge is 2.24. The third kappa shape index (κ3) is 2.03. The van der Waals surface area contributed by atoms with Gasteiger partial charge in [0.1, 0.15) is 5.75 Å². The zero-order valence-electron chi connectivity index (χ0n) is 8.12. The second-order valence-corrected chi connectivity index (χ2v) is 3.10. The third-order valence-corrected chi connectivity index (χ3v) is 1.99. The van der Waals surface area contributed by atoms with Crippen LogP contribution in [0.1, 0.15) is 11.9 Å². The number of aromatic hydroxyl groups is 1. The molecule has 1 aromatic rings. The normalized spacial score (nSPS) is 16.5. The van der Waals surface area contributed by atoms with E-state index in [0.29, 0.717) is 0 Å². The lowest BCUT2D eigenvalue weighted by Crippen LogP contribution is -2.12. The summed E-state index contributed by atoms with van der Waals surface area (Å²) in [5.74, 6) is -1.49. The number of carbonyl (C=O) groups excluding carboxylic acids is 2. The quantitative estimate of drug-likeness (QED) is 0.716. The first-order valence-corrected chi connectivity index (χ1v) is 4.54. The van der Waals surface area contributed by atoms with Gasteiger partial charge in [0.15, 0.2) is 0 Å².